The summed E-state index contributed by atoms with van der Waals surface area (Å²) in [6, 6.07) is 3.54. The zero-order valence-corrected chi connectivity index (χ0v) is 11.4. The van der Waals surface area contributed by atoms with Crippen molar-refractivity contribution in [3.8, 4) is 5.75 Å². The van der Waals surface area contributed by atoms with Gasteiger partial charge in [-0.25, -0.2) is 0 Å². The first-order chi connectivity index (χ1) is 9.76. The van der Waals surface area contributed by atoms with Gasteiger partial charge in [-0.15, -0.1) is 13.2 Å². The molecule has 0 atom stereocenters. The Bertz CT molecular complexity index is 582. The quantitative estimate of drug-likeness (QED) is 0.675. The molecule has 1 aliphatic heterocycles. The van der Waals surface area contributed by atoms with Crippen LogP contribution >= 0.6 is 0 Å². The number of carbonyl (C=O) groups is 1. The van der Waals surface area contributed by atoms with Crippen LogP contribution in [0, 0.1) is 0 Å². The number of halogens is 3. The molecule has 0 spiro atoms. The Morgan fingerprint density at radius 1 is 1.38 bits per heavy atom. The highest BCUT2D eigenvalue weighted by Crippen LogP contribution is 2.29. The fourth-order valence-corrected chi connectivity index (χ4v) is 2.04. The Morgan fingerprint density at radius 2 is 2.10 bits per heavy atom. The van der Waals surface area contributed by atoms with Crippen molar-refractivity contribution in [3.63, 3.8) is 0 Å². The maximum atomic E-state index is 12.2. The monoisotopic (exact) mass is 300 g/mol. The lowest BCUT2D eigenvalue weighted by Gasteiger charge is -2.25. The lowest BCUT2D eigenvalue weighted by atomic mass is 10.1. The number of rotatable bonds is 2. The molecular weight excluding hydrogens is 285 g/mol. The number of hydrogen-bond acceptors (Lipinski definition) is 3. The summed E-state index contributed by atoms with van der Waals surface area (Å²) < 4.78 is 40.2. The predicted octanol–water partition coefficient (Wildman–Crippen LogP) is 2.96. The molecule has 0 saturated heterocycles. The third-order valence-corrected chi connectivity index (χ3v) is 3.21. The van der Waals surface area contributed by atoms with Gasteiger partial charge >= 0.3 is 6.36 Å². The first-order valence-electron chi connectivity index (χ1n) is 6.36. The predicted molar refractivity (Wildman–Crippen MR) is 71.8 cm³/mol. The summed E-state index contributed by atoms with van der Waals surface area (Å²) >= 11 is 0. The van der Waals surface area contributed by atoms with Crippen molar-refractivity contribution in [2.45, 2.75) is 19.7 Å². The molecule has 0 aliphatic carbocycles. The Morgan fingerprint density at radius 3 is 2.62 bits per heavy atom. The minimum atomic E-state index is -4.81. The van der Waals surface area contributed by atoms with Gasteiger partial charge in [0.1, 0.15) is 0 Å². The number of carbonyl (C=O) groups excluding carboxylic acids is 1. The van der Waals surface area contributed by atoms with Gasteiger partial charge in [0.15, 0.2) is 5.75 Å². The Kier molecular flexibility index (Phi) is 4.11. The van der Waals surface area contributed by atoms with E-state index < -0.39 is 12.1 Å². The molecule has 4 nitrogen and oxygen atoms in total. The van der Waals surface area contributed by atoms with Gasteiger partial charge in [0.25, 0.3) is 5.91 Å². The van der Waals surface area contributed by atoms with Crippen molar-refractivity contribution >= 4 is 11.6 Å². The number of ether oxygens (including phenoxy) is 1. The number of hydrogen-bond donors (Lipinski definition) is 1. The number of benzene rings is 1. The molecule has 21 heavy (non-hydrogen) atoms. The molecule has 0 bridgehead atoms. The van der Waals surface area contributed by atoms with E-state index in [4.69, 9.17) is 5.73 Å². The zero-order chi connectivity index (χ0) is 15.6. The van der Waals surface area contributed by atoms with E-state index in [2.05, 4.69) is 4.74 Å². The van der Waals surface area contributed by atoms with E-state index in [-0.39, 0.29) is 17.2 Å². The second-order valence-corrected chi connectivity index (χ2v) is 4.85. The van der Waals surface area contributed by atoms with Crippen LogP contribution in [0.15, 0.2) is 29.8 Å². The van der Waals surface area contributed by atoms with Gasteiger partial charge in [0.05, 0.1) is 5.69 Å². The zero-order valence-electron chi connectivity index (χ0n) is 11.4. The average molecular weight is 300 g/mol. The highest BCUT2D eigenvalue weighted by Gasteiger charge is 2.32. The topological polar surface area (TPSA) is 55.6 Å². The van der Waals surface area contributed by atoms with Crippen LogP contribution in [0.2, 0.25) is 0 Å². The molecule has 0 unspecified atom stereocenters. The van der Waals surface area contributed by atoms with Crippen LogP contribution in [-0.4, -0.2) is 30.3 Å². The van der Waals surface area contributed by atoms with E-state index in [1.54, 1.807) is 4.90 Å². The van der Waals surface area contributed by atoms with Gasteiger partial charge in [-0.05, 0) is 31.5 Å². The minimum absolute atomic E-state index is 0.220. The van der Waals surface area contributed by atoms with Gasteiger partial charge in [-0.3, -0.25) is 4.79 Å². The summed E-state index contributed by atoms with van der Waals surface area (Å²) in [4.78, 5) is 13.9. The summed E-state index contributed by atoms with van der Waals surface area (Å²) in [5.74, 6) is -0.766. The molecule has 1 aliphatic rings. The molecule has 7 heteroatoms. The lowest BCUT2D eigenvalue weighted by Crippen LogP contribution is -2.34. The number of nitrogens with zero attached hydrogens (tertiary/aromatic N) is 1. The van der Waals surface area contributed by atoms with Gasteiger partial charge in [0.2, 0.25) is 0 Å². The van der Waals surface area contributed by atoms with E-state index in [1.165, 1.54) is 17.7 Å². The molecule has 2 N–H and O–H groups in total. The van der Waals surface area contributed by atoms with Crippen molar-refractivity contribution in [2.24, 2.45) is 0 Å². The van der Waals surface area contributed by atoms with Gasteiger partial charge in [-0.1, -0.05) is 11.6 Å². The standard InChI is InChI=1S/C14H15F3N2O2/c1-9-4-6-19(7-5-9)13(20)10-2-3-12(11(18)8-10)21-14(15,16)17/h2-4,8H,5-7,18H2,1H3. The van der Waals surface area contributed by atoms with Crippen molar-refractivity contribution in [1.29, 1.82) is 0 Å². The van der Waals surface area contributed by atoms with Crippen LogP contribution in [0.1, 0.15) is 23.7 Å². The number of anilines is 1. The summed E-state index contributed by atoms with van der Waals surface area (Å²) in [6.07, 6.45) is -2.07. The smallest absolute Gasteiger partial charge is 0.404 e. The van der Waals surface area contributed by atoms with Crippen LogP contribution in [0.5, 0.6) is 5.75 Å². The van der Waals surface area contributed by atoms with Gasteiger partial charge < -0.3 is 15.4 Å². The lowest BCUT2D eigenvalue weighted by molar-refractivity contribution is -0.274. The van der Waals surface area contributed by atoms with E-state index >= 15 is 0 Å². The molecule has 0 fully saturated rings. The fourth-order valence-electron chi connectivity index (χ4n) is 2.04. The van der Waals surface area contributed by atoms with Crippen LogP contribution in [-0.2, 0) is 0 Å². The normalized spacial score (nSPS) is 15.6. The van der Waals surface area contributed by atoms with Gasteiger partial charge in [0, 0.05) is 18.7 Å². The highest BCUT2D eigenvalue weighted by atomic mass is 19.4. The Balaban J connectivity index is 2.14. The molecule has 0 aromatic heterocycles. The number of alkyl halides is 3. The molecule has 1 aromatic carbocycles. The SMILES string of the molecule is CC1=CCN(C(=O)c2ccc(OC(F)(F)F)c(N)c2)CC1. The average Bonchev–Trinajstić information content (AvgIpc) is 2.40. The summed E-state index contributed by atoms with van der Waals surface area (Å²) in [5.41, 5.74) is 6.75. The number of amides is 1. The van der Waals surface area contributed by atoms with Crippen molar-refractivity contribution in [2.75, 3.05) is 18.8 Å². The third-order valence-electron chi connectivity index (χ3n) is 3.21. The van der Waals surface area contributed by atoms with E-state index in [9.17, 15) is 18.0 Å². The molecule has 0 radical (unpaired) electrons. The second kappa shape index (κ2) is 5.67. The van der Waals surface area contributed by atoms with Crippen molar-refractivity contribution in [1.82, 2.24) is 4.90 Å². The summed E-state index contributed by atoms with van der Waals surface area (Å²) in [5, 5.41) is 0. The van der Waals surface area contributed by atoms with E-state index in [0.29, 0.717) is 13.1 Å². The summed E-state index contributed by atoms with van der Waals surface area (Å²) in [6.45, 7) is 3.07. The molecule has 2 rings (SSSR count). The first-order valence-corrected chi connectivity index (χ1v) is 6.36. The van der Waals surface area contributed by atoms with Crippen LogP contribution in [0.3, 0.4) is 0 Å². The molecule has 0 saturated carbocycles. The molecule has 1 heterocycles. The van der Waals surface area contributed by atoms with Crippen LogP contribution < -0.4 is 10.5 Å². The highest BCUT2D eigenvalue weighted by molar-refractivity contribution is 5.95. The van der Waals surface area contributed by atoms with Gasteiger partial charge in [-0.2, -0.15) is 0 Å². The fraction of sp³-hybridized carbons (Fsp3) is 0.357. The number of nitrogen functional groups attached to an aromatic ring is 1. The Labute approximate surface area is 120 Å². The largest absolute Gasteiger partial charge is 0.573 e. The van der Waals surface area contributed by atoms with Crippen LogP contribution in [0.4, 0.5) is 18.9 Å². The molecule has 1 amide bonds. The molecular formula is C14H15F3N2O2. The van der Waals surface area contributed by atoms with E-state index in [1.807, 2.05) is 13.0 Å². The minimum Gasteiger partial charge on any atom is -0.404 e. The first kappa shape index (κ1) is 15.2. The third kappa shape index (κ3) is 3.90. The van der Waals surface area contributed by atoms with Crippen molar-refractivity contribution < 1.29 is 22.7 Å². The van der Waals surface area contributed by atoms with Crippen LogP contribution in [0.25, 0.3) is 0 Å². The maximum Gasteiger partial charge on any atom is 0.573 e. The Hall–Kier alpha value is -2.18. The second-order valence-electron chi connectivity index (χ2n) is 4.85. The summed E-state index contributed by atoms with van der Waals surface area (Å²) in [7, 11) is 0. The van der Waals surface area contributed by atoms with Crippen molar-refractivity contribution in [3.05, 3.63) is 35.4 Å². The molecule has 114 valence electrons. The number of nitrogens with two attached hydrogens (primary N) is 1. The van der Waals surface area contributed by atoms with E-state index in [0.717, 1.165) is 12.5 Å². The molecule has 1 aromatic rings. The maximum absolute atomic E-state index is 12.2.